The van der Waals surface area contributed by atoms with Crippen molar-refractivity contribution in [2.24, 2.45) is 0 Å². The summed E-state index contributed by atoms with van der Waals surface area (Å²) in [6, 6.07) is 0. The number of rotatable bonds is 76. The van der Waals surface area contributed by atoms with Gasteiger partial charge in [0, 0.05) is 25.7 Å². The summed E-state index contributed by atoms with van der Waals surface area (Å²) < 4.78 is 68.6. The van der Waals surface area contributed by atoms with E-state index in [-0.39, 0.29) is 25.7 Å². The van der Waals surface area contributed by atoms with Crippen LogP contribution in [-0.4, -0.2) is 96.7 Å². The van der Waals surface area contributed by atoms with Crippen LogP contribution in [0.4, 0.5) is 0 Å². The molecule has 0 aliphatic carbocycles. The molecule has 5 unspecified atom stereocenters. The van der Waals surface area contributed by atoms with E-state index in [0.29, 0.717) is 32.1 Å². The molecule has 0 spiro atoms. The molecule has 106 heavy (non-hydrogen) atoms. The summed E-state index contributed by atoms with van der Waals surface area (Å²) in [5.41, 5.74) is 0. The molecule has 0 bridgehead atoms. The summed E-state index contributed by atoms with van der Waals surface area (Å²) in [6.07, 6.45) is 89.6. The lowest BCUT2D eigenvalue weighted by atomic mass is 10.0. The lowest BCUT2D eigenvalue weighted by molar-refractivity contribution is -0.161. The number of hydrogen-bond acceptors (Lipinski definition) is 15. The molecule has 0 aromatic heterocycles. The monoisotopic (exact) mass is 1530 g/mol. The molecule has 0 saturated carbocycles. The van der Waals surface area contributed by atoms with Crippen LogP contribution in [-0.2, 0) is 65.4 Å². The molecule has 0 heterocycles. The Balaban J connectivity index is 5.42. The summed E-state index contributed by atoms with van der Waals surface area (Å²) in [5, 5.41) is 10.7. The van der Waals surface area contributed by atoms with Gasteiger partial charge < -0.3 is 33.8 Å². The van der Waals surface area contributed by atoms with Gasteiger partial charge in [-0.25, -0.2) is 9.13 Å². The van der Waals surface area contributed by atoms with Gasteiger partial charge in [-0.2, -0.15) is 0 Å². The van der Waals surface area contributed by atoms with Gasteiger partial charge in [0.05, 0.1) is 26.4 Å². The molecule has 0 aromatic rings. The van der Waals surface area contributed by atoms with Crippen LogP contribution in [0.1, 0.15) is 323 Å². The molecule has 5 atom stereocenters. The van der Waals surface area contributed by atoms with Crippen molar-refractivity contribution in [3.05, 3.63) is 146 Å². The van der Waals surface area contributed by atoms with Gasteiger partial charge in [-0.1, -0.05) is 308 Å². The van der Waals surface area contributed by atoms with E-state index in [2.05, 4.69) is 161 Å². The highest BCUT2D eigenvalue weighted by atomic mass is 31.2. The first-order valence-electron chi connectivity index (χ1n) is 41.1. The minimum Gasteiger partial charge on any atom is -0.462 e. The fourth-order valence-electron chi connectivity index (χ4n) is 10.7. The van der Waals surface area contributed by atoms with Crippen molar-refractivity contribution in [2.45, 2.75) is 341 Å². The Bertz CT molecular complexity index is 2580. The van der Waals surface area contributed by atoms with Crippen LogP contribution < -0.4 is 0 Å². The summed E-state index contributed by atoms with van der Waals surface area (Å²) >= 11 is 0. The molecule has 0 aliphatic rings. The van der Waals surface area contributed by atoms with Crippen molar-refractivity contribution in [3.8, 4) is 0 Å². The second-order valence-electron chi connectivity index (χ2n) is 26.9. The highest BCUT2D eigenvalue weighted by Crippen LogP contribution is 2.45. The van der Waals surface area contributed by atoms with Crippen LogP contribution in [0.5, 0.6) is 0 Å². The molecule has 0 aliphatic heterocycles. The number of phosphoric ester groups is 2. The molecule has 0 rings (SSSR count). The number of unbranched alkanes of at least 4 members (excludes halogenated alkanes) is 26. The molecule has 17 nitrogen and oxygen atoms in total. The third-order valence-corrected chi connectivity index (χ3v) is 18.7. The predicted molar refractivity (Wildman–Crippen MR) is 436 cm³/mol. The fourth-order valence-corrected chi connectivity index (χ4v) is 12.3. The number of aliphatic hydroxyl groups excluding tert-OH is 1. The van der Waals surface area contributed by atoms with Gasteiger partial charge in [0.1, 0.15) is 19.3 Å². The summed E-state index contributed by atoms with van der Waals surface area (Å²) in [4.78, 5) is 73.1. The maximum absolute atomic E-state index is 13.1. The second kappa shape index (κ2) is 78.1. The molecule has 0 aromatic carbocycles. The van der Waals surface area contributed by atoms with Crippen molar-refractivity contribution in [1.29, 1.82) is 0 Å². The van der Waals surface area contributed by atoms with E-state index >= 15 is 0 Å². The third-order valence-electron chi connectivity index (χ3n) is 16.8. The van der Waals surface area contributed by atoms with Crippen molar-refractivity contribution in [1.82, 2.24) is 0 Å². The largest absolute Gasteiger partial charge is 0.472 e. The van der Waals surface area contributed by atoms with E-state index in [9.17, 15) is 43.2 Å². The molecule has 606 valence electrons. The molecular formula is C87H146O17P2. The zero-order chi connectivity index (χ0) is 77.4. The number of carbonyl (C=O) groups is 4. The van der Waals surface area contributed by atoms with Gasteiger partial charge in [0.2, 0.25) is 0 Å². The maximum atomic E-state index is 13.1. The summed E-state index contributed by atoms with van der Waals surface area (Å²) in [6.45, 7) is 4.47. The van der Waals surface area contributed by atoms with Crippen LogP contribution in [0.2, 0.25) is 0 Å². The molecule has 19 heteroatoms. The van der Waals surface area contributed by atoms with E-state index in [4.69, 9.17) is 37.0 Å². The van der Waals surface area contributed by atoms with Crippen molar-refractivity contribution in [2.75, 3.05) is 39.6 Å². The quantitative estimate of drug-likeness (QED) is 0.0169. The van der Waals surface area contributed by atoms with E-state index in [0.717, 1.165) is 186 Å². The van der Waals surface area contributed by atoms with E-state index in [1.165, 1.54) is 51.4 Å². The molecule has 0 amide bonds. The van der Waals surface area contributed by atoms with Crippen LogP contribution in [0.15, 0.2) is 146 Å². The smallest absolute Gasteiger partial charge is 0.462 e. The molecule has 0 saturated heterocycles. The Kier molecular flexibility index (Phi) is 74.3. The van der Waals surface area contributed by atoms with Gasteiger partial charge in [0.15, 0.2) is 12.2 Å². The predicted octanol–water partition coefficient (Wildman–Crippen LogP) is 24.2. The van der Waals surface area contributed by atoms with Gasteiger partial charge in [0.25, 0.3) is 0 Å². The number of aliphatic hydroxyl groups is 1. The van der Waals surface area contributed by atoms with E-state index < -0.39 is 97.5 Å². The van der Waals surface area contributed by atoms with E-state index in [1.807, 2.05) is 12.2 Å². The first-order chi connectivity index (χ1) is 51.7. The molecule has 0 fully saturated rings. The number of esters is 4. The summed E-state index contributed by atoms with van der Waals surface area (Å²) in [7, 11) is -9.99. The number of hydrogen-bond donors (Lipinski definition) is 3. The van der Waals surface area contributed by atoms with Crippen molar-refractivity contribution < 1.29 is 80.2 Å². The topological polar surface area (TPSA) is 237 Å². The molecular weight excluding hydrogens is 1380 g/mol. The highest BCUT2D eigenvalue weighted by Gasteiger charge is 2.30. The van der Waals surface area contributed by atoms with Gasteiger partial charge in [-0.05, 0) is 135 Å². The molecule has 0 radical (unpaired) electrons. The lowest BCUT2D eigenvalue weighted by Crippen LogP contribution is -2.30. The number of carbonyl (C=O) groups excluding carboxylic acids is 4. The second-order valence-corrected chi connectivity index (χ2v) is 29.8. The standard InChI is InChI=1S/C87H146O17P2/c1-5-9-13-17-21-25-29-33-36-39-40-43-45-49-52-56-60-64-68-72-85(90)97-77-82(103-86(91)73-69-65-61-57-53-47-32-28-24-20-16-12-8-4)79-101-105(93,94)99-75-81(88)76-100-106(95,96)102-80-83(104-87(92)74-70-66-62-58-54-50-46-42-38-35-31-27-23-19-15-11-7-3)78-98-84(89)71-67-63-59-55-51-48-44-41-37-34-30-26-22-18-14-10-6-2/h9-11,13-15,21-23,25-27,33-38,40,43-44,48,55,59,81-83,88H,5-8,12,16-20,24,28-32,39,41-42,45-47,49-54,56-58,60-80H2,1-4H3,(H,93,94)(H,95,96)/b13-9-,14-10-,15-11-,25-21-,26-22-,27-23-,36-33-,37-34-,38-35-,43-40-,48-44-,59-55-. The normalized spacial score (nSPS) is 14.6. The van der Waals surface area contributed by atoms with Crippen LogP contribution >= 0.6 is 15.6 Å². The SMILES string of the molecule is CC/C=C\C/C=C\C/C=C\C/C=C\C/C=C\CCCC(=O)OCC(COP(=O)(O)OCC(O)COP(=O)(O)OCC(COC(=O)CCCCCCCC/C=C\C/C=C\C/C=C\C/C=C\CC)OC(=O)CCCCCCCCCCCCCCC)OC(=O)CCCCCCCCC/C=C\C/C=C\C/C=C\CC. The van der Waals surface area contributed by atoms with Gasteiger partial charge in [-0.3, -0.25) is 37.3 Å². The van der Waals surface area contributed by atoms with Gasteiger partial charge in [-0.15, -0.1) is 0 Å². The number of ether oxygens (including phenoxy) is 4. The highest BCUT2D eigenvalue weighted by molar-refractivity contribution is 7.47. The van der Waals surface area contributed by atoms with Crippen molar-refractivity contribution >= 4 is 39.5 Å². The van der Waals surface area contributed by atoms with Crippen LogP contribution in [0, 0.1) is 0 Å². The first kappa shape index (κ1) is 101. The average molecular weight is 1530 g/mol. The molecule has 3 N–H and O–H groups in total. The Morgan fingerprint density at radius 3 is 0.792 bits per heavy atom. The van der Waals surface area contributed by atoms with Crippen LogP contribution in [0.3, 0.4) is 0 Å². The maximum Gasteiger partial charge on any atom is 0.472 e. The van der Waals surface area contributed by atoms with Crippen molar-refractivity contribution in [3.63, 3.8) is 0 Å². The number of phosphoric acid groups is 2. The Hall–Kier alpha value is -5.06. The van der Waals surface area contributed by atoms with Gasteiger partial charge >= 0.3 is 39.5 Å². The zero-order valence-electron chi connectivity index (χ0n) is 66.3. The minimum absolute atomic E-state index is 0.0678. The Morgan fingerprint density at radius 1 is 0.274 bits per heavy atom. The number of allylic oxidation sites excluding steroid dienone is 24. The average Bonchev–Trinajstić information content (AvgIpc) is 0.902. The Labute approximate surface area is 643 Å². The first-order valence-corrected chi connectivity index (χ1v) is 44.1. The minimum atomic E-state index is -5.00. The van der Waals surface area contributed by atoms with Crippen LogP contribution in [0.25, 0.3) is 0 Å². The lowest BCUT2D eigenvalue weighted by Gasteiger charge is -2.21. The zero-order valence-corrected chi connectivity index (χ0v) is 68.1. The third kappa shape index (κ3) is 77.1. The fraction of sp³-hybridized carbons (Fsp3) is 0.678. The van der Waals surface area contributed by atoms with E-state index in [1.54, 1.807) is 0 Å². The summed E-state index contributed by atoms with van der Waals surface area (Å²) in [5.74, 6) is -2.26. The Morgan fingerprint density at radius 2 is 0.500 bits per heavy atom.